The number of nitrogens with zero attached hydrogens (tertiary/aromatic N) is 1. The Bertz CT molecular complexity index is 569. The molecule has 2 N–H and O–H groups in total. The van der Waals surface area contributed by atoms with Crippen molar-refractivity contribution in [3.8, 4) is 0 Å². The summed E-state index contributed by atoms with van der Waals surface area (Å²) in [5.74, 6) is 0.609. The molecule has 0 radical (unpaired) electrons. The zero-order valence-electron chi connectivity index (χ0n) is 11.5. The molecule has 1 amide bonds. The van der Waals surface area contributed by atoms with Crippen LogP contribution in [0.4, 0.5) is 5.69 Å². The van der Waals surface area contributed by atoms with Gasteiger partial charge < -0.3 is 14.9 Å². The maximum Gasteiger partial charge on any atom is 0.488 e. The van der Waals surface area contributed by atoms with Gasteiger partial charge in [0, 0.05) is 25.6 Å². The Hall–Kier alpha value is -1.02. The van der Waals surface area contributed by atoms with Crippen molar-refractivity contribution in [1.82, 2.24) is 0 Å². The normalized spacial score (nSPS) is 18.2. The fourth-order valence-corrected chi connectivity index (χ4v) is 3.17. The third kappa shape index (κ3) is 4.00. The number of thioether (sulfide) groups is 1. The van der Waals surface area contributed by atoms with Crippen molar-refractivity contribution in [3.05, 3.63) is 23.2 Å². The molecule has 1 unspecified atom stereocenters. The monoisotopic (exact) mass is 327 g/mol. The van der Waals surface area contributed by atoms with E-state index in [-0.39, 0.29) is 22.4 Å². The second-order valence-corrected chi connectivity index (χ2v) is 6.57. The van der Waals surface area contributed by atoms with Crippen LogP contribution >= 0.6 is 23.4 Å². The third-order valence-electron chi connectivity index (χ3n) is 3.29. The predicted molar refractivity (Wildman–Crippen MR) is 84.9 cm³/mol. The lowest BCUT2D eigenvalue weighted by Gasteiger charge is -2.19. The molecule has 2 rings (SSSR count). The Morgan fingerprint density at radius 3 is 2.86 bits per heavy atom. The molecule has 1 atom stereocenters. The first-order valence-electron chi connectivity index (χ1n) is 6.47. The maximum atomic E-state index is 12.1. The van der Waals surface area contributed by atoms with Gasteiger partial charge >= 0.3 is 7.12 Å². The SMILES string of the molecule is CC(=O)SCC1CC(=O)N(c2cc(B(O)O)ccc2Cl)C1. The Morgan fingerprint density at radius 1 is 1.52 bits per heavy atom. The van der Waals surface area contributed by atoms with Crippen LogP contribution in [0.5, 0.6) is 0 Å². The van der Waals surface area contributed by atoms with E-state index in [1.165, 1.54) is 36.9 Å². The second-order valence-electron chi connectivity index (χ2n) is 4.96. The summed E-state index contributed by atoms with van der Waals surface area (Å²) < 4.78 is 0. The van der Waals surface area contributed by atoms with Crippen LogP contribution in [-0.2, 0) is 9.59 Å². The molecular formula is C13H15BClNO4S. The Kier molecular flexibility index (Phi) is 5.32. The van der Waals surface area contributed by atoms with Crippen molar-refractivity contribution in [1.29, 1.82) is 0 Å². The molecule has 0 saturated carbocycles. The largest absolute Gasteiger partial charge is 0.488 e. The zero-order chi connectivity index (χ0) is 15.6. The van der Waals surface area contributed by atoms with Crippen molar-refractivity contribution in [2.75, 3.05) is 17.2 Å². The van der Waals surface area contributed by atoms with E-state index in [0.717, 1.165) is 0 Å². The van der Waals surface area contributed by atoms with Crippen LogP contribution in [0.25, 0.3) is 0 Å². The first-order chi connectivity index (χ1) is 9.88. The Balaban J connectivity index is 2.16. The Morgan fingerprint density at radius 2 is 2.24 bits per heavy atom. The van der Waals surface area contributed by atoms with Gasteiger partial charge in [-0.15, -0.1) is 0 Å². The molecule has 1 saturated heterocycles. The van der Waals surface area contributed by atoms with E-state index >= 15 is 0 Å². The lowest BCUT2D eigenvalue weighted by atomic mass is 9.80. The van der Waals surface area contributed by atoms with Crippen molar-refractivity contribution in [2.24, 2.45) is 5.92 Å². The quantitative estimate of drug-likeness (QED) is 0.794. The van der Waals surface area contributed by atoms with Gasteiger partial charge in [0.1, 0.15) is 0 Å². The number of amides is 1. The molecule has 1 aromatic carbocycles. The number of hydrogen-bond donors (Lipinski definition) is 2. The molecule has 1 aliphatic rings. The summed E-state index contributed by atoms with van der Waals surface area (Å²) in [7, 11) is -1.61. The molecule has 0 aromatic heterocycles. The number of rotatable bonds is 4. The lowest BCUT2D eigenvalue weighted by molar-refractivity contribution is -0.117. The number of benzene rings is 1. The first kappa shape index (κ1) is 16.4. The van der Waals surface area contributed by atoms with Gasteiger partial charge in [0.05, 0.1) is 10.7 Å². The predicted octanol–water partition coefficient (Wildman–Crippen LogP) is 0.652. The van der Waals surface area contributed by atoms with E-state index in [0.29, 0.717) is 29.4 Å². The minimum Gasteiger partial charge on any atom is -0.423 e. The minimum atomic E-state index is -1.61. The standard InChI is InChI=1S/C13H15BClNO4S/c1-8(17)21-7-9-4-13(18)16(6-9)12-5-10(14(19)20)2-3-11(12)15/h2-3,5,9,19-20H,4,6-7H2,1H3. The summed E-state index contributed by atoms with van der Waals surface area (Å²) >= 11 is 7.31. The molecule has 0 aliphatic carbocycles. The molecular weight excluding hydrogens is 312 g/mol. The highest BCUT2D eigenvalue weighted by atomic mass is 35.5. The first-order valence-corrected chi connectivity index (χ1v) is 7.84. The van der Waals surface area contributed by atoms with E-state index in [4.69, 9.17) is 11.6 Å². The lowest BCUT2D eigenvalue weighted by Crippen LogP contribution is -2.32. The van der Waals surface area contributed by atoms with Gasteiger partial charge in [-0.3, -0.25) is 9.59 Å². The van der Waals surface area contributed by atoms with Crippen molar-refractivity contribution in [2.45, 2.75) is 13.3 Å². The average Bonchev–Trinajstić information content (AvgIpc) is 2.78. The summed E-state index contributed by atoms with van der Waals surface area (Å²) in [6, 6.07) is 4.54. The van der Waals surface area contributed by atoms with Crippen LogP contribution in [0.15, 0.2) is 18.2 Å². The molecule has 1 fully saturated rings. The number of carbonyl (C=O) groups excluding carboxylic acids is 2. The zero-order valence-corrected chi connectivity index (χ0v) is 13.0. The summed E-state index contributed by atoms with van der Waals surface area (Å²) in [5, 5.41) is 18.8. The molecule has 5 nitrogen and oxygen atoms in total. The number of hydrogen-bond acceptors (Lipinski definition) is 5. The van der Waals surface area contributed by atoms with Crippen LogP contribution in [0.3, 0.4) is 0 Å². The van der Waals surface area contributed by atoms with Crippen LogP contribution in [-0.4, -0.2) is 40.5 Å². The average molecular weight is 328 g/mol. The minimum absolute atomic E-state index is 0.0318. The van der Waals surface area contributed by atoms with Crippen molar-refractivity contribution < 1.29 is 19.6 Å². The van der Waals surface area contributed by atoms with Gasteiger partial charge in [-0.05, 0) is 23.5 Å². The van der Waals surface area contributed by atoms with E-state index < -0.39 is 7.12 Å². The molecule has 1 aromatic rings. The fourth-order valence-electron chi connectivity index (χ4n) is 2.26. The molecule has 0 bridgehead atoms. The topological polar surface area (TPSA) is 77.8 Å². The highest BCUT2D eigenvalue weighted by Crippen LogP contribution is 2.31. The van der Waals surface area contributed by atoms with Gasteiger partial charge in [0.15, 0.2) is 5.12 Å². The van der Waals surface area contributed by atoms with Gasteiger partial charge in [0.2, 0.25) is 5.91 Å². The summed E-state index contributed by atoms with van der Waals surface area (Å²) in [4.78, 5) is 24.6. The van der Waals surface area contributed by atoms with Gasteiger partial charge in [-0.1, -0.05) is 29.4 Å². The fraction of sp³-hybridized carbons (Fsp3) is 0.385. The molecule has 21 heavy (non-hydrogen) atoms. The number of carbonyl (C=O) groups is 2. The van der Waals surface area contributed by atoms with E-state index in [1.54, 1.807) is 4.90 Å². The molecule has 1 aliphatic heterocycles. The van der Waals surface area contributed by atoms with E-state index in [9.17, 15) is 19.6 Å². The van der Waals surface area contributed by atoms with Gasteiger partial charge in [0.25, 0.3) is 0 Å². The number of halogens is 1. The van der Waals surface area contributed by atoms with Crippen molar-refractivity contribution >= 4 is 52.7 Å². The summed E-state index contributed by atoms with van der Waals surface area (Å²) in [6.07, 6.45) is 0.364. The van der Waals surface area contributed by atoms with E-state index in [2.05, 4.69) is 0 Å². The highest BCUT2D eigenvalue weighted by molar-refractivity contribution is 8.13. The van der Waals surface area contributed by atoms with Crippen LogP contribution < -0.4 is 10.4 Å². The summed E-state index contributed by atoms with van der Waals surface area (Å²) in [6.45, 7) is 1.98. The molecule has 1 heterocycles. The molecule has 8 heteroatoms. The smallest absolute Gasteiger partial charge is 0.423 e. The molecule has 0 spiro atoms. The number of anilines is 1. The molecule has 112 valence electrons. The van der Waals surface area contributed by atoms with Crippen LogP contribution in [0.1, 0.15) is 13.3 Å². The maximum absolute atomic E-state index is 12.1. The van der Waals surface area contributed by atoms with Crippen molar-refractivity contribution in [3.63, 3.8) is 0 Å². The van der Waals surface area contributed by atoms with Crippen LogP contribution in [0, 0.1) is 5.92 Å². The third-order valence-corrected chi connectivity index (χ3v) is 4.65. The second kappa shape index (κ2) is 6.83. The summed E-state index contributed by atoms with van der Waals surface area (Å²) in [5.41, 5.74) is 0.756. The van der Waals surface area contributed by atoms with E-state index in [1.807, 2.05) is 0 Å². The van der Waals surface area contributed by atoms with Crippen LogP contribution in [0.2, 0.25) is 5.02 Å². The van der Waals surface area contributed by atoms with Gasteiger partial charge in [-0.25, -0.2) is 0 Å². The highest BCUT2D eigenvalue weighted by Gasteiger charge is 2.32. The van der Waals surface area contributed by atoms with Gasteiger partial charge in [-0.2, -0.15) is 0 Å². The Labute approximate surface area is 132 Å².